The Morgan fingerprint density at radius 1 is 0.457 bits per heavy atom. The van der Waals surface area contributed by atoms with Crippen molar-refractivity contribution >= 4 is 83.3 Å². The van der Waals surface area contributed by atoms with Gasteiger partial charge in [-0.3, -0.25) is 42.7 Å². The lowest BCUT2D eigenvalue weighted by atomic mass is 9.90. The Morgan fingerprint density at radius 3 is 1.33 bits per heavy atom. The van der Waals surface area contributed by atoms with Crippen molar-refractivity contribution in [1.82, 2.24) is 9.13 Å². The fourth-order valence-electron chi connectivity index (χ4n) is 14.5. The second-order valence-electron chi connectivity index (χ2n) is 26.4. The molecule has 116 heavy (non-hydrogen) atoms. The number of carbonyl (C=O) groups is 7. The Balaban J connectivity index is 0.000000124. The summed E-state index contributed by atoms with van der Waals surface area (Å²) in [7, 11) is -4.10. The SMILES string of the molecule is C.Cc1ccc(S(=O)(=O)OCn2c3c(c4ccccc4c2=O)C(=O)c2ccccc2-3)cc1.NCO.O=C(O)c1ccccc1C1C(=O)c2ccccc2C1=O.O=C1OCc2ccccc21.O=C1c2ccccc2-c2c1c1ccccc1c(=O)n2CO.O=C1c2ccccc2-c2oc(=O)c3ccccc3c21.OC1OC(O)c2ccccc21. The summed E-state index contributed by atoms with van der Waals surface area (Å²) in [5.74, 6) is -3.03. The number of benzene rings is 11. The zero-order valence-corrected chi connectivity index (χ0v) is 61.4. The van der Waals surface area contributed by atoms with E-state index in [4.69, 9.17) is 33.4 Å². The number of aromatic carboxylic acids is 1. The molecule has 5 heterocycles. The molecule has 580 valence electrons. The van der Waals surface area contributed by atoms with Gasteiger partial charge in [-0.05, 0) is 55.0 Å². The number of ether oxygens (including phenoxy) is 2. The molecule has 0 amide bonds. The van der Waals surface area contributed by atoms with Crippen molar-refractivity contribution in [3.05, 3.63) is 381 Å². The molecule has 6 aliphatic rings. The van der Waals surface area contributed by atoms with Gasteiger partial charge in [0.2, 0.25) is 0 Å². The number of hydrogen-bond donors (Lipinski definition) is 6. The Morgan fingerprint density at radius 2 is 0.836 bits per heavy atom. The van der Waals surface area contributed by atoms with E-state index in [0.29, 0.717) is 134 Å². The summed E-state index contributed by atoms with van der Waals surface area (Å²) < 4.78 is 48.0. The third kappa shape index (κ3) is 14.8. The van der Waals surface area contributed by atoms with E-state index in [1.165, 1.54) is 33.4 Å². The number of aliphatic hydroxyl groups is 4. The molecule has 24 nitrogen and oxygen atoms in total. The number of pyridine rings is 2. The molecule has 3 aromatic heterocycles. The van der Waals surface area contributed by atoms with Crippen LogP contribution in [-0.2, 0) is 43.8 Å². The Bertz CT molecular complexity index is 6600. The number of carboxylic acid groups (broad SMARTS) is 1. The van der Waals surface area contributed by atoms with E-state index in [1.807, 2.05) is 55.5 Å². The van der Waals surface area contributed by atoms with E-state index in [2.05, 4.69) is 5.73 Å². The van der Waals surface area contributed by atoms with Crippen molar-refractivity contribution in [2.75, 3.05) is 6.73 Å². The van der Waals surface area contributed by atoms with Crippen LogP contribution in [0.25, 0.3) is 66.2 Å². The summed E-state index contributed by atoms with van der Waals surface area (Å²) in [6.45, 7) is 1.05. The molecule has 25 heteroatoms. The van der Waals surface area contributed by atoms with Crippen LogP contribution in [0.2, 0.25) is 0 Å². The maximum atomic E-state index is 13.3. The summed E-state index contributed by atoms with van der Waals surface area (Å²) in [6.07, 6.45) is -1.94. The Labute approximate surface area is 660 Å². The second-order valence-corrected chi connectivity index (χ2v) is 28.0. The number of Topliss-reactive ketones (excluding diaryl/α,β-unsaturated/α-hetero) is 2. The lowest BCUT2D eigenvalue weighted by Crippen LogP contribution is -2.25. The summed E-state index contributed by atoms with van der Waals surface area (Å²) in [5.41, 5.74) is 14.1. The molecule has 2 unspecified atom stereocenters. The number of carboxylic acids is 1. The molecule has 20 rings (SSSR count). The number of nitrogens with zero attached hydrogens (tertiary/aromatic N) is 2. The average Bonchev–Trinajstić information content (AvgIpc) is 1.56. The number of rotatable bonds is 7. The molecule has 2 aliphatic heterocycles. The highest BCUT2D eigenvalue weighted by molar-refractivity contribution is 7.86. The van der Waals surface area contributed by atoms with Crippen molar-refractivity contribution in [2.45, 2.75) is 57.8 Å². The first-order valence-corrected chi connectivity index (χ1v) is 37.0. The predicted molar refractivity (Wildman–Crippen MR) is 429 cm³/mol. The van der Waals surface area contributed by atoms with Gasteiger partial charge in [0.25, 0.3) is 21.2 Å². The molecule has 0 saturated heterocycles. The van der Waals surface area contributed by atoms with Crippen molar-refractivity contribution < 1.29 is 85.6 Å². The van der Waals surface area contributed by atoms with Gasteiger partial charge < -0.3 is 45.2 Å². The Kier molecular flexibility index (Phi) is 23.3. The minimum absolute atomic E-state index is 0. The van der Waals surface area contributed by atoms with E-state index in [-0.39, 0.29) is 70.6 Å². The normalized spacial score (nSPS) is 14.3. The molecule has 14 aromatic rings. The first kappa shape index (κ1) is 80.1. The van der Waals surface area contributed by atoms with Crippen LogP contribution in [0.5, 0.6) is 0 Å². The molecule has 0 radical (unpaired) electrons. The molecule has 0 bridgehead atoms. The molecule has 0 saturated carbocycles. The standard InChI is InChI=1S/C24H17NO5S.C17H11NO3.C16H10O4.C16H8O3.C8H8O3.C8H6O2.CH5NO.CH4/c1-15-10-12-16(13-11-15)31(28,29)30-14-25-22-18-7-3-4-8-19(18)23(26)21(22)17-6-2-5-9-20(17)24(25)27;19-9-18-15-11-6-2-3-7-12(11)16(20)14(15)10-5-1-4-8-13(10)17(18)21;17-14-10-6-2-3-7-11(10)15(18)13(14)9-5-1-4-8-12(9)16(19)20;17-14-10-6-2-3-7-11(10)15-13(14)9-5-1-4-8-12(9)16(18)19-15;9-7-5-3-1-2-4-6(5)8(10)11-7;9-8-7-4-2-1-3-6(7)5-10-8;2-1-3;/h2-13H,14H2,1H3;1-8,19H,9H2;1-8,13H,(H,19,20);1-8H;1-4,7-10H;1-4H,5H2;3H,1-2H2;1H4. The van der Waals surface area contributed by atoms with Crippen LogP contribution < -0.4 is 22.5 Å². The minimum Gasteiger partial charge on any atom is -0.478 e. The van der Waals surface area contributed by atoms with E-state index in [1.54, 1.807) is 194 Å². The zero-order chi connectivity index (χ0) is 81.1. The third-order valence-electron chi connectivity index (χ3n) is 19.8. The fraction of sp³-hybridized carbons (Fsp3) is 0.0989. The highest BCUT2D eigenvalue weighted by Gasteiger charge is 2.42. The maximum absolute atomic E-state index is 13.3. The van der Waals surface area contributed by atoms with Crippen LogP contribution in [0.15, 0.2) is 291 Å². The number of aromatic nitrogens is 2. The van der Waals surface area contributed by atoms with Gasteiger partial charge in [-0.15, -0.1) is 0 Å². The van der Waals surface area contributed by atoms with E-state index >= 15 is 0 Å². The van der Waals surface area contributed by atoms with Gasteiger partial charge in [0.1, 0.15) is 26.0 Å². The molecular formula is C91H69N3O21S. The van der Waals surface area contributed by atoms with Crippen molar-refractivity contribution in [1.29, 1.82) is 0 Å². The largest absolute Gasteiger partial charge is 0.478 e. The summed E-state index contributed by atoms with van der Waals surface area (Å²) in [4.78, 5) is 123. The van der Waals surface area contributed by atoms with E-state index in [9.17, 15) is 66.6 Å². The van der Waals surface area contributed by atoms with Gasteiger partial charge in [-0.2, -0.15) is 8.42 Å². The number of hydrogen-bond acceptors (Lipinski definition) is 21. The average molecular weight is 1570 g/mol. The van der Waals surface area contributed by atoms with Crippen LogP contribution >= 0.6 is 0 Å². The molecular weight excluding hydrogens is 1500 g/mol. The van der Waals surface area contributed by atoms with Crippen LogP contribution in [0.1, 0.15) is 143 Å². The van der Waals surface area contributed by atoms with Gasteiger partial charge >= 0.3 is 17.6 Å². The number of esters is 1. The van der Waals surface area contributed by atoms with Gasteiger partial charge in [-0.1, -0.05) is 237 Å². The molecule has 4 aliphatic carbocycles. The third-order valence-corrected chi connectivity index (χ3v) is 21.1. The van der Waals surface area contributed by atoms with Gasteiger partial charge in [0.15, 0.2) is 47.3 Å². The first-order chi connectivity index (χ1) is 55.6. The summed E-state index contributed by atoms with van der Waals surface area (Å²) in [5, 5.41) is 47.6. The molecule has 0 spiro atoms. The lowest BCUT2D eigenvalue weighted by molar-refractivity contribution is -0.193. The van der Waals surface area contributed by atoms with Crippen LogP contribution in [0, 0.1) is 6.92 Å². The topological polar surface area (TPSA) is 383 Å². The van der Waals surface area contributed by atoms with Crippen LogP contribution in [0.4, 0.5) is 0 Å². The molecule has 11 aromatic carbocycles. The fourth-order valence-corrected chi connectivity index (χ4v) is 15.4. The number of cyclic esters (lactones) is 1. The minimum atomic E-state index is -4.10. The number of fused-ring (bicyclic) bond motifs is 18. The van der Waals surface area contributed by atoms with E-state index in [0.717, 1.165) is 11.1 Å². The number of aryl methyl sites for hydroxylation is 1. The zero-order valence-electron chi connectivity index (χ0n) is 60.6. The summed E-state index contributed by atoms with van der Waals surface area (Å²) >= 11 is 0. The highest BCUT2D eigenvalue weighted by Crippen LogP contribution is 2.43. The van der Waals surface area contributed by atoms with Crippen molar-refractivity contribution in [2.24, 2.45) is 5.73 Å². The number of nitrogens with two attached hydrogens (primary N) is 1. The molecule has 0 fully saturated rings. The van der Waals surface area contributed by atoms with Crippen LogP contribution in [-0.4, -0.2) is 90.7 Å². The smallest absolute Gasteiger partial charge is 0.344 e. The molecule has 7 N–H and O–H groups in total. The number of ketones is 5. The van der Waals surface area contributed by atoms with Crippen molar-refractivity contribution in [3.8, 4) is 33.8 Å². The number of carbonyl (C=O) groups excluding carboxylic acids is 6. The van der Waals surface area contributed by atoms with Gasteiger partial charge in [0.05, 0.1) is 56.2 Å². The lowest BCUT2D eigenvalue weighted by Gasteiger charge is -2.15. The highest BCUT2D eigenvalue weighted by atomic mass is 32.2. The van der Waals surface area contributed by atoms with Crippen molar-refractivity contribution in [3.63, 3.8) is 0 Å². The van der Waals surface area contributed by atoms with Gasteiger partial charge in [0, 0.05) is 88.1 Å². The van der Waals surface area contributed by atoms with Crippen LogP contribution in [0.3, 0.4) is 0 Å². The summed E-state index contributed by atoms with van der Waals surface area (Å²) in [6, 6.07) is 75.7. The maximum Gasteiger partial charge on any atom is 0.344 e. The quantitative estimate of drug-likeness (QED) is 0.0373. The van der Waals surface area contributed by atoms with E-state index < -0.39 is 59.2 Å². The Hall–Kier alpha value is -14.0. The van der Waals surface area contributed by atoms with Gasteiger partial charge in [-0.25, -0.2) is 18.6 Å². The second kappa shape index (κ2) is 33.8. The monoisotopic (exact) mass is 1570 g/mol. The predicted octanol–water partition coefficient (Wildman–Crippen LogP) is 13.2. The number of aliphatic hydroxyl groups excluding tert-OH is 4. The first-order valence-electron chi connectivity index (χ1n) is 35.6. The molecule has 2 atom stereocenters.